The van der Waals surface area contributed by atoms with Crippen LogP contribution in [-0.4, -0.2) is 36.2 Å². The van der Waals surface area contributed by atoms with E-state index in [0.29, 0.717) is 12.0 Å². The van der Waals surface area contributed by atoms with Crippen LogP contribution in [-0.2, 0) is 6.18 Å². The molecule has 1 fully saturated rings. The van der Waals surface area contributed by atoms with Crippen LogP contribution in [0.5, 0.6) is 5.75 Å². The minimum atomic E-state index is -4.38. The number of aromatic hydroxyl groups is 1. The van der Waals surface area contributed by atoms with Crippen molar-refractivity contribution in [2.45, 2.75) is 25.6 Å². The van der Waals surface area contributed by atoms with Crippen molar-refractivity contribution in [1.82, 2.24) is 10.2 Å². The number of phenolic OH excluding ortho intramolecular Hbond substituents is 1. The van der Waals surface area contributed by atoms with E-state index in [4.69, 9.17) is 0 Å². The van der Waals surface area contributed by atoms with Gasteiger partial charge in [-0.3, -0.25) is 4.90 Å². The van der Waals surface area contributed by atoms with Gasteiger partial charge in [0.05, 0.1) is 5.56 Å². The molecule has 0 amide bonds. The lowest BCUT2D eigenvalue weighted by atomic mass is 9.98. The Labute approximate surface area is 140 Å². The first-order valence-electron chi connectivity index (χ1n) is 6.78. The molecule has 0 saturated carbocycles. The molecule has 1 aromatic carbocycles. The lowest BCUT2D eigenvalue weighted by molar-refractivity contribution is -0.137. The first-order valence-corrected chi connectivity index (χ1v) is 6.78. The summed E-state index contributed by atoms with van der Waals surface area (Å²) < 4.78 is 38.4. The molecule has 8 heteroatoms. The molecule has 2 N–H and O–H groups in total. The molecule has 1 aliphatic heterocycles. The summed E-state index contributed by atoms with van der Waals surface area (Å²) in [5.41, 5.74) is -0.344. The molecule has 0 aliphatic carbocycles. The number of nitrogens with one attached hydrogen (secondary N) is 1. The highest BCUT2D eigenvalue weighted by Gasteiger charge is 2.32. The number of rotatable bonds is 3. The first-order chi connectivity index (χ1) is 9.43. The highest BCUT2D eigenvalue weighted by atomic mass is 35.5. The van der Waals surface area contributed by atoms with Crippen molar-refractivity contribution in [1.29, 1.82) is 0 Å². The largest absolute Gasteiger partial charge is 0.508 e. The van der Waals surface area contributed by atoms with Crippen molar-refractivity contribution in [3.63, 3.8) is 0 Å². The van der Waals surface area contributed by atoms with E-state index in [1.54, 1.807) is 0 Å². The van der Waals surface area contributed by atoms with E-state index >= 15 is 0 Å². The van der Waals surface area contributed by atoms with Crippen LogP contribution in [0, 0.1) is 0 Å². The average molecular weight is 361 g/mol. The molecule has 22 heavy (non-hydrogen) atoms. The third kappa shape index (κ3) is 4.91. The molecule has 2 rings (SSSR count). The van der Waals surface area contributed by atoms with Crippen molar-refractivity contribution in [2.75, 3.05) is 26.2 Å². The fraction of sp³-hybridized carbons (Fsp3) is 0.571. The molecule has 0 unspecified atom stereocenters. The van der Waals surface area contributed by atoms with Crippen LogP contribution in [0.15, 0.2) is 18.2 Å². The number of halogens is 5. The second-order valence-corrected chi connectivity index (χ2v) is 4.98. The third-order valence-corrected chi connectivity index (χ3v) is 3.69. The van der Waals surface area contributed by atoms with Crippen molar-refractivity contribution in [2.24, 2.45) is 0 Å². The third-order valence-electron chi connectivity index (χ3n) is 3.69. The van der Waals surface area contributed by atoms with Crippen LogP contribution in [0.2, 0.25) is 0 Å². The second kappa shape index (κ2) is 8.82. The molecule has 1 aliphatic rings. The van der Waals surface area contributed by atoms with Gasteiger partial charge in [-0.2, -0.15) is 13.2 Å². The maximum absolute atomic E-state index is 12.8. The van der Waals surface area contributed by atoms with Crippen LogP contribution in [0.1, 0.15) is 30.5 Å². The maximum Gasteiger partial charge on any atom is 0.416 e. The van der Waals surface area contributed by atoms with E-state index in [1.165, 1.54) is 0 Å². The lowest BCUT2D eigenvalue weighted by Gasteiger charge is -2.35. The highest BCUT2D eigenvalue weighted by molar-refractivity contribution is 5.85. The van der Waals surface area contributed by atoms with Crippen LogP contribution < -0.4 is 5.32 Å². The van der Waals surface area contributed by atoms with Crippen LogP contribution in [0.4, 0.5) is 13.2 Å². The summed E-state index contributed by atoms with van der Waals surface area (Å²) in [7, 11) is 0. The molecular weight excluding hydrogens is 340 g/mol. The van der Waals surface area contributed by atoms with Gasteiger partial charge in [0.2, 0.25) is 0 Å². The smallest absolute Gasteiger partial charge is 0.416 e. The molecule has 3 nitrogen and oxygen atoms in total. The number of nitrogens with zero attached hydrogens (tertiary/aromatic N) is 1. The normalized spacial score (nSPS) is 17.3. The molecule has 1 aromatic rings. The van der Waals surface area contributed by atoms with E-state index < -0.39 is 11.7 Å². The Hall–Kier alpha value is -0.690. The summed E-state index contributed by atoms with van der Waals surface area (Å²) in [5, 5.41) is 13.1. The second-order valence-electron chi connectivity index (χ2n) is 4.98. The number of piperazine rings is 1. The lowest BCUT2D eigenvalue weighted by Crippen LogP contribution is -2.45. The number of benzene rings is 1. The zero-order valence-corrected chi connectivity index (χ0v) is 13.8. The zero-order chi connectivity index (χ0) is 14.8. The van der Waals surface area contributed by atoms with E-state index in [2.05, 4.69) is 10.2 Å². The van der Waals surface area contributed by atoms with E-state index in [-0.39, 0.29) is 36.6 Å². The standard InChI is InChI=1S/C14H19F3N2O.2ClH/c1-2-12(19-7-5-18-6-8-19)11-9-10(14(15,16)17)3-4-13(11)20;;/h3-4,9,12,18,20H,2,5-8H2,1H3;2*1H/t12-;;/m0../s1. The molecule has 0 bridgehead atoms. The van der Waals surface area contributed by atoms with Crippen LogP contribution in [0.3, 0.4) is 0 Å². The van der Waals surface area contributed by atoms with Gasteiger partial charge in [-0.15, -0.1) is 24.8 Å². The highest BCUT2D eigenvalue weighted by Crippen LogP contribution is 2.37. The minimum Gasteiger partial charge on any atom is -0.508 e. The zero-order valence-electron chi connectivity index (χ0n) is 12.2. The summed E-state index contributed by atoms with van der Waals surface area (Å²) in [5.74, 6) is -0.0663. The summed E-state index contributed by atoms with van der Waals surface area (Å²) in [4.78, 5) is 2.12. The van der Waals surface area contributed by atoms with Gasteiger partial charge in [0, 0.05) is 37.8 Å². The molecular formula is C14H21Cl2F3N2O. The average Bonchev–Trinajstić information content (AvgIpc) is 2.41. The number of alkyl halides is 3. The van der Waals surface area contributed by atoms with E-state index in [9.17, 15) is 18.3 Å². The van der Waals surface area contributed by atoms with Crippen molar-refractivity contribution >= 4 is 24.8 Å². The Bertz CT molecular complexity index is 466. The topological polar surface area (TPSA) is 35.5 Å². The van der Waals surface area contributed by atoms with Gasteiger partial charge < -0.3 is 10.4 Å². The maximum atomic E-state index is 12.8. The Morgan fingerprint density at radius 3 is 2.32 bits per heavy atom. The van der Waals surface area contributed by atoms with E-state index in [1.807, 2.05) is 6.92 Å². The fourth-order valence-electron chi connectivity index (χ4n) is 2.67. The quantitative estimate of drug-likeness (QED) is 0.864. The van der Waals surface area contributed by atoms with Crippen molar-refractivity contribution in [3.05, 3.63) is 29.3 Å². The summed E-state index contributed by atoms with van der Waals surface area (Å²) in [6.07, 6.45) is -3.72. The van der Waals surface area contributed by atoms with Gasteiger partial charge in [0.15, 0.2) is 0 Å². The molecule has 0 radical (unpaired) electrons. The monoisotopic (exact) mass is 360 g/mol. The number of hydrogen-bond acceptors (Lipinski definition) is 3. The fourth-order valence-corrected chi connectivity index (χ4v) is 2.67. The molecule has 0 spiro atoms. The SMILES string of the molecule is CC[C@@H](c1cc(C(F)(F)F)ccc1O)N1CCNCC1.Cl.Cl. The Kier molecular flexibility index (Phi) is 8.54. The predicted molar refractivity (Wildman–Crippen MR) is 85.1 cm³/mol. The predicted octanol–water partition coefficient (Wildman–Crippen LogP) is 3.61. The van der Waals surface area contributed by atoms with Gasteiger partial charge >= 0.3 is 6.18 Å². The summed E-state index contributed by atoms with van der Waals surface area (Å²) in [6.45, 7) is 5.10. The summed E-state index contributed by atoms with van der Waals surface area (Å²) in [6, 6.07) is 2.96. The molecule has 1 heterocycles. The number of hydrogen-bond donors (Lipinski definition) is 2. The van der Waals surface area contributed by atoms with Crippen molar-refractivity contribution < 1.29 is 18.3 Å². The van der Waals surface area contributed by atoms with Gasteiger partial charge in [0.1, 0.15) is 5.75 Å². The molecule has 0 aromatic heterocycles. The van der Waals surface area contributed by atoms with E-state index in [0.717, 1.165) is 44.4 Å². The number of phenols is 1. The Morgan fingerprint density at radius 1 is 1.23 bits per heavy atom. The summed E-state index contributed by atoms with van der Waals surface area (Å²) >= 11 is 0. The molecule has 1 saturated heterocycles. The first kappa shape index (κ1) is 21.3. The molecule has 128 valence electrons. The van der Waals surface area contributed by atoms with Gasteiger partial charge in [-0.25, -0.2) is 0 Å². The van der Waals surface area contributed by atoms with Gasteiger partial charge in [-0.05, 0) is 24.6 Å². The Balaban J connectivity index is 0.00000220. The van der Waals surface area contributed by atoms with Gasteiger partial charge in [0.25, 0.3) is 0 Å². The minimum absolute atomic E-state index is 0. The Morgan fingerprint density at radius 2 is 1.82 bits per heavy atom. The van der Waals surface area contributed by atoms with Crippen LogP contribution in [0.25, 0.3) is 0 Å². The van der Waals surface area contributed by atoms with Crippen molar-refractivity contribution in [3.8, 4) is 5.75 Å². The van der Waals surface area contributed by atoms with Crippen LogP contribution >= 0.6 is 24.8 Å². The van der Waals surface area contributed by atoms with Gasteiger partial charge in [-0.1, -0.05) is 6.92 Å². The molecule has 1 atom stereocenters.